The van der Waals surface area contributed by atoms with Crippen LogP contribution in [0.15, 0.2) is 103 Å². The Kier molecular flexibility index (Phi) is 3.50. The normalized spacial score (nSPS) is 11.4. The lowest BCUT2D eigenvalue weighted by atomic mass is 9.95. The number of pyridine rings is 1. The highest BCUT2D eigenvalue weighted by Crippen LogP contribution is 2.40. The maximum atomic E-state index is 4.98. The maximum Gasteiger partial charge on any atom is 0.0878 e. The van der Waals surface area contributed by atoms with Crippen molar-refractivity contribution in [2.75, 3.05) is 0 Å². The van der Waals surface area contributed by atoms with Crippen molar-refractivity contribution in [1.82, 2.24) is 9.97 Å². The lowest BCUT2D eigenvalue weighted by Crippen LogP contribution is -1.89. The fourth-order valence-corrected chi connectivity index (χ4v) is 4.26. The number of nitrogens with zero attached hydrogens (tertiary/aromatic N) is 1. The number of hydrogen-bond acceptors (Lipinski definition) is 1. The van der Waals surface area contributed by atoms with Gasteiger partial charge in [0.05, 0.1) is 16.9 Å². The van der Waals surface area contributed by atoms with Crippen LogP contribution in [-0.2, 0) is 0 Å². The molecule has 6 rings (SSSR count). The molecule has 4 aromatic carbocycles. The molecular formula is C27H18N2. The van der Waals surface area contributed by atoms with Crippen molar-refractivity contribution in [2.45, 2.75) is 0 Å². The molecule has 0 saturated heterocycles. The first-order valence-corrected chi connectivity index (χ1v) is 9.83. The Hall–Kier alpha value is -3.91. The summed E-state index contributed by atoms with van der Waals surface area (Å²) >= 11 is 0. The molecule has 0 aliphatic heterocycles. The standard InChI is InChI=1S/C27H18N2/c1-3-11-20-18(8-1)10-7-13-21(20)26-22-12-4-6-15-24(22)29-27(26)25-17-16-19-9-2-5-14-23(19)28-25/h1-17,29H. The van der Waals surface area contributed by atoms with Crippen LogP contribution in [-0.4, -0.2) is 9.97 Å². The van der Waals surface area contributed by atoms with Gasteiger partial charge < -0.3 is 4.98 Å². The Morgan fingerprint density at radius 1 is 0.552 bits per heavy atom. The van der Waals surface area contributed by atoms with E-state index < -0.39 is 0 Å². The highest BCUT2D eigenvalue weighted by molar-refractivity contribution is 6.10. The predicted molar refractivity (Wildman–Crippen MR) is 122 cm³/mol. The number of aromatic nitrogens is 2. The van der Waals surface area contributed by atoms with E-state index in [1.165, 1.54) is 27.3 Å². The minimum absolute atomic E-state index is 0.961. The van der Waals surface area contributed by atoms with Crippen LogP contribution in [0.4, 0.5) is 0 Å². The van der Waals surface area contributed by atoms with Crippen LogP contribution < -0.4 is 0 Å². The Balaban J connectivity index is 1.71. The first-order chi connectivity index (χ1) is 14.4. The summed E-state index contributed by atoms with van der Waals surface area (Å²) in [7, 11) is 0. The molecule has 6 aromatic rings. The van der Waals surface area contributed by atoms with Crippen LogP contribution in [0.25, 0.3) is 55.1 Å². The van der Waals surface area contributed by atoms with E-state index in [2.05, 4.69) is 96.0 Å². The molecule has 136 valence electrons. The Morgan fingerprint density at radius 3 is 2.21 bits per heavy atom. The van der Waals surface area contributed by atoms with Gasteiger partial charge in [0, 0.05) is 21.9 Å². The molecule has 0 saturated carbocycles. The summed E-state index contributed by atoms with van der Waals surface area (Å²) in [5.74, 6) is 0. The van der Waals surface area contributed by atoms with Gasteiger partial charge in [-0.2, -0.15) is 0 Å². The summed E-state index contributed by atoms with van der Waals surface area (Å²) < 4.78 is 0. The minimum Gasteiger partial charge on any atom is -0.353 e. The summed E-state index contributed by atoms with van der Waals surface area (Å²) in [6.07, 6.45) is 0. The summed E-state index contributed by atoms with van der Waals surface area (Å²) in [6, 6.07) is 36.1. The van der Waals surface area contributed by atoms with E-state index in [0.29, 0.717) is 0 Å². The number of benzene rings is 4. The second-order valence-electron chi connectivity index (χ2n) is 7.34. The van der Waals surface area contributed by atoms with Crippen molar-refractivity contribution < 1.29 is 0 Å². The van der Waals surface area contributed by atoms with E-state index in [1.807, 2.05) is 12.1 Å². The second-order valence-corrected chi connectivity index (χ2v) is 7.34. The summed E-state index contributed by atoms with van der Waals surface area (Å²) in [5, 5.41) is 4.86. The number of fused-ring (bicyclic) bond motifs is 3. The van der Waals surface area contributed by atoms with Gasteiger partial charge in [0.2, 0.25) is 0 Å². The average molecular weight is 370 g/mol. The predicted octanol–water partition coefficient (Wildman–Crippen LogP) is 7.20. The lowest BCUT2D eigenvalue weighted by molar-refractivity contribution is 1.34. The zero-order valence-corrected chi connectivity index (χ0v) is 15.8. The molecule has 2 nitrogen and oxygen atoms in total. The molecule has 0 radical (unpaired) electrons. The largest absolute Gasteiger partial charge is 0.353 e. The summed E-state index contributed by atoms with van der Waals surface area (Å²) in [5.41, 5.74) is 6.59. The van der Waals surface area contributed by atoms with Gasteiger partial charge in [0.1, 0.15) is 0 Å². The fourth-order valence-electron chi connectivity index (χ4n) is 4.26. The second kappa shape index (κ2) is 6.32. The van der Waals surface area contributed by atoms with Crippen LogP contribution in [0.2, 0.25) is 0 Å². The van der Waals surface area contributed by atoms with Crippen molar-refractivity contribution in [3.05, 3.63) is 103 Å². The van der Waals surface area contributed by atoms with Crippen LogP contribution in [0.5, 0.6) is 0 Å². The molecule has 0 atom stereocenters. The van der Waals surface area contributed by atoms with Gasteiger partial charge in [0.15, 0.2) is 0 Å². The van der Waals surface area contributed by atoms with Crippen LogP contribution in [0, 0.1) is 0 Å². The van der Waals surface area contributed by atoms with Gasteiger partial charge in [-0.15, -0.1) is 0 Å². The molecule has 0 aliphatic carbocycles. The molecule has 0 spiro atoms. The van der Waals surface area contributed by atoms with E-state index in [0.717, 1.165) is 27.8 Å². The van der Waals surface area contributed by atoms with Gasteiger partial charge in [-0.1, -0.05) is 84.9 Å². The number of nitrogens with one attached hydrogen (secondary N) is 1. The SMILES string of the molecule is c1ccc2nc(-c3[nH]c4ccccc4c3-c3cccc4ccccc34)ccc2c1. The van der Waals surface area contributed by atoms with E-state index in [-0.39, 0.29) is 0 Å². The quantitative estimate of drug-likeness (QED) is 0.343. The molecule has 0 unspecified atom stereocenters. The van der Waals surface area contributed by atoms with Crippen molar-refractivity contribution in [3.63, 3.8) is 0 Å². The van der Waals surface area contributed by atoms with Gasteiger partial charge in [0.25, 0.3) is 0 Å². The van der Waals surface area contributed by atoms with E-state index >= 15 is 0 Å². The molecule has 2 aromatic heterocycles. The number of H-pyrrole nitrogens is 1. The van der Waals surface area contributed by atoms with E-state index in [4.69, 9.17) is 4.98 Å². The van der Waals surface area contributed by atoms with Crippen molar-refractivity contribution >= 4 is 32.6 Å². The third-order valence-corrected chi connectivity index (χ3v) is 5.62. The molecule has 0 fully saturated rings. The van der Waals surface area contributed by atoms with Crippen LogP contribution in [0.3, 0.4) is 0 Å². The Morgan fingerprint density at radius 2 is 1.28 bits per heavy atom. The zero-order chi connectivity index (χ0) is 19.2. The monoisotopic (exact) mass is 370 g/mol. The molecule has 2 heteroatoms. The van der Waals surface area contributed by atoms with E-state index in [1.54, 1.807) is 0 Å². The smallest absolute Gasteiger partial charge is 0.0878 e. The number of aromatic amines is 1. The summed E-state index contributed by atoms with van der Waals surface area (Å²) in [6.45, 7) is 0. The van der Waals surface area contributed by atoms with Crippen molar-refractivity contribution in [2.24, 2.45) is 0 Å². The molecule has 2 heterocycles. The molecule has 29 heavy (non-hydrogen) atoms. The van der Waals surface area contributed by atoms with Gasteiger partial charge in [-0.05, 0) is 34.5 Å². The first-order valence-electron chi connectivity index (χ1n) is 9.83. The zero-order valence-electron chi connectivity index (χ0n) is 15.8. The maximum absolute atomic E-state index is 4.98. The topological polar surface area (TPSA) is 28.7 Å². The molecule has 1 N–H and O–H groups in total. The third-order valence-electron chi connectivity index (χ3n) is 5.62. The van der Waals surface area contributed by atoms with Gasteiger partial charge in [-0.3, -0.25) is 0 Å². The average Bonchev–Trinajstić information content (AvgIpc) is 3.18. The van der Waals surface area contributed by atoms with Gasteiger partial charge in [-0.25, -0.2) is 4.98 Å². The molecule has 0 bridgehead atoms. The lowest BCUT2D eigenvalue weighted by Gasteiger charge is -2.10. The van der Waals surface area contributed by atoms with Gasteiger partial charge >= 0.3 is 0 Å². The van der Waals surface area contributed by atoms with Crippen molar-refractivity contribution in [3.8, 4) is 22.5 Å². The number of rotatable bonds is 2. The molecule has 0 amide bonds. The number of para-hydroxylation sites is 2. The highest BCUT2D eigenvalue weighted by Gasteiger charge is 2.17. The Bertz CT molecular complexity index is 1500. The third kappa shape index (κ3) is 2.54. The van der Waals surface area contributed by atoms with Crippen LogP contribution >= 0.6 is 0 Å². The highest BCUT2D eigenvalue weighted by atomic mass is 14.8. The first kappa shape index (κ1) is 16.1. The molecule has 0 aliphatic rings. The number of hydrogen-bond donors (Lipinski definition) is 1. The molecular weight excluding hydrogens is 352 g/mol. The Labute approximate surface area is 168 Å². The van der Waals surface area contributed by atoms with Crippen molar-refractivity contribution in [1.29, 1.82) is 0 Å². The van der Waals surface area contributed by atoms with E-state index in [9.17, 15) is 0 Å². The van der Waals surface area contributed by atoms with Crippen LogP contribution in [0.1, 0.15) is 0 Å². The fraction of sp³-hybridized carbons (Fsp3) is 0. The minimum atomic E-state index is 0.961. The summed E-state index contributed by atoms with van der Waals surface area (Å²) in [4.78, 5) is 8.62.